The van der Waals surface area contributed by atoms with E-state index in [1.54, 1.807) is 24.1 Å². The molecule has 0 aliphatic carbocycles. The lowest BCUT2D eigenvalue weighted by Gasteiger charge is -2.22. The van der Waals surface area contributed by atoms with Gasteiger partial charge >= 0.3 is 0 Å². The van der Waals surface area contributed by atoms with Crippen LogP contribution >= 0.6 is 0 Å². The highest BCUT2D eigenvalue weighted by Gasteiger charge is 2.16. The van der Waals surface area contributed by atoms with Crippen LogP contribution < -0.4 is 10.9 Å². The molecule has 0 aromatic carbocycles. The van der Waals surface area contributed by atoms with Gasteiger partial charge in [0.1, 0.15) is 0 Å². The highest BCUT2D eigenvalue weighted by Crippen LogP contribution is 2.10. The third-order valence-electron chi connectivity index (χ3n) is 2.16. The van der Waals surface area contributed by atoms with Gasteiger partial charge in [0.2, 0.25) is 0 Å². The van der Waals surface area contributed by atoms with E-state index in [4.69, 9.17) is 4.74 Å². The van der Waals surface area contributed by atoms with E-state index in [1.807, 2.05) is 20.8 Å². The third-order valence-corrected chi connectivity index (χ3v) is 2.16. The SMILES string of the molecule is COCCNc1nccn(C(C)(C)C)c1=O. The van der Waals surface area contributed by atoms with Gasteiger partial charge in [-0.15, -0.1) is 0 Å². The minimum absolute atomic E-state index is 0.105. The van der Waals surface area contributed by atoms with E-state index in [-0.39, 0.29) is 11.1 Å². The molecule has 1 rings (SSSR count). The number of rotatable bonds is 4. The molecule has 16 heavy (non-hydrogen) atoms. The molecule has 5 heteroatoms. The number of hydrogen-bond acceptors (Lipinski definition) is 4. The van der Waals surface area contributed by atoms with Crippen LogP contribution in [0.2, 0.25) is 0 Å². The van der Waals surface area contributed by atoms with E-state index in [0.717, 1.165) is 0 Å². The zero-order valence-electron chi connectivity index (χ0n) is 10.3. The summed E-state index contributed by atoms with van der Waals surface area (Å²) in [5, 5.41) is 2.96. The standard InChI is InChI=1S/C11H19N3O2/c1-11(2,3)14-7-5-12-9(10(14)15)13-6-8-16-4/h5,7H,6,8H2,1-4H3,(H,12,13). The van der Waals surface area contributed by atoms with Crippen LogP contribution in [-0.4, -0.2) is 29.8 Å². The van der Waals surface area contributed by atoms with Gasteiger partial charge in [-0.25, -0.2) is 4.98 Å². The Bertz CT molecular complexity index is 393. The molecule has 1 N–H and O–H groups in total. The molecule has 0 amide bonds. The lowest BCUT2D eigenvalue weighted by Crippen LogP contribution is -2.35. The summed E-state index contributed by atoms with van der Waals surface area (Å²) in [7, 11) is 1.62. The van der Waals surface area contributed by atoms with Crippen molar-refractivity contribution >= 4 is 5.82 Å². The van der Waals surface area contributed by atoms with E-state index >= 15 is 0 Å². The van der Waals surface area contributed by atoms with Gasteiger partial charge in [0, 0.05) is 31.6 Å². The molecule has 0 unspecified atom stereocenters. The predicted molar refractivity (Wildman–Crippen MR) is 63.9 cm³/mol. The Kier molecular flexibility index (Phi) is 4.06. The third kappa shape index (κ3) is 3.06. The molecule has 0 spiro atoms. The molecule has 0 saturated heterocycles. The molecule has 1 aromatic heterocycles. The van der Waals surface area contributed by atoms with Gasteiger partial charge in [-0.3, -0.25) is 4.79 Å². The molecule has 0 aliphatic heterocycles. The van der Waals surface area contributed by atoms with Crippen molar-refractivity contribution in [3.05, 3.63) is 22.7 Å². The van der Waals surface area contributed by atoms with E-state index in [9.17, 15) is 4.79 Å². The summed E-state index contributed by atoms with van der Waals surface area (Å²) < 4.78 is 6.56. The van der Waals surface area contributed by atoms with Gasteiger partial charge in [0.25, 0.3) is 5.56 Å². The molecular weight excluding hydrogens is 206 g/mol. The first-order valence-electron chi connectivity index (χ1n) is 5.28. The second-order valence-electron chi connectivity index (χ2n) is 4.54. The van der Waals surface area contributed by atoms with Gasteiger partial charge in [0.15, 0.2) is 5.82 Å². The van der Waals surface area contributed by atoms with Gasteiger partial charge in [-0.05, 0) is 20.8 Å². The van der Waals surface area contributed by atoms with E-state index in [0.29, 0.717) is 19.0 Å². The smallest absolute Gasteiger partial charge is 0.293 e. The topological polar surface area (TPSA) is 56.1 Å². The van der Waals surface area contributed by atoms with Crippen LogP contribution in [0.25, 0.3) is 0 Å². The van der Waals surface area contributed by atoms with Gasteiger partial charge in [0.05, 0.1) is 6.61 Å². The minimum atomic E-state index is -0.238. The maximum atomic E-state index is 12.0. The monoisotopic (exact) mass is 225 g/mol. The first-order valence-corrected chi connectivity index (χ1v) is 5.28. The average Bonchev–Trinajstić information content (AvgIpc) is 2.19. The second-order valence-corrected chi connectivity index (χ2v) is 4.54. The Hall–Kier alpha value is -1.36. The van der Waals surface area contributed by atoms with Crippen molar-refractivity contribution in [2.24, 2.45) is 0 Å². The Morgan fingerprint density at radius 3 is 2.75 bits per heavy atom. The van der Waals surface area contributed by atoms with Crippen molar-refractivity contribution in [2.45, 2.75) is 26.3 Å². The van der Waals surface area contributed by atoms with Crippen LogP contribution in [0.5, 0.6) is 0 Å². The van der Waals surface area contributed by atoms with Crippen molar-refractivity contribution in [3.8, 4) is 0 Å². The quantitative estimate of drug-likeness (QED) is 0.778. The van der Waals surface area contributed by atoms with Gasteiger partial charge < -0.3 is 14.6 Å². The number of nitrogens with zero attached hydrogens (tertiary/aromatic N) is 2. The highest BCUT2D eigenvalue weighted by atomic mass is 16.5. The van der Waals surface area contributed by atoms with Crippen molar-refractivity contribution in [1.82, 2.24) is 9.55 Å². The fourth-order valence-electron chi connectivity index (χ4n) is 1.33. The Morgan fingerprint density at radius 1 is 1.50 bits per heavy atom. The van der Waals surface area contributed by atoms with Crippen LogP contribution in [0, 0.1) is 0 Å². The summed E-state index contributed by atoms with van der Waals surface area (Å²) in [6, 6.07) is 0. The summed E-state index contributed by atoms with van der Waals surface area (Å²) in [5.41, 5.74) is -0.344. The second kappa shape index (κ2) is 5.12. The minimum Gasteiger partial charge on any atom is -0.383 e. The van der Waals surface area contributed by atoms with Crippen molar-refractivity contribution in [1.29, 1.82) is 0 Å². The Labute approximate surface area is 95.5 Å². The van der Waals surface area contributed by atoms with E-state index in [2.05, 4.69) is 10.3 Å². The fraction of sp³-hybridized carbons (Fsp3) is 0.636. The lowest BCUT2D eigenvalue weighted by atomic mass is 10.1. The normalized spacial score (nSPS) is 11.5. The largest absolute Gasteiger partial charge is 0.383 e. The molecule has 0 atom stereocenters. The molecule has 0 aliphatic rings. The number of aromatic nitrogens is 2. The Morgan fingerprint density at radius 2 is 2.19 bits per heavy atom. The molecule has 0 radical (unpaired) electrons. The van der Waals surface area contributed by atoms with Crippen LogP contribution in [0.4, 0.5) is 5.82 Å². The van der Waals surface area contributed by atoms with Crippen LogP contribution in [-0.2, 0) is 10.3 Å². The highest BCUT2D eigenvalue weighted by molar-refractivity contribution is 5.30. The van der Waals surface area contributed by atoms with Gasteiger partial charge in [-0.2, -0.15) is 0 Å². The predicted octanol–water partition coefficient (Wildman–Crippen LogP) is 1.06. The Balaban J connectivity index is 2.92. The van der Waals surface area contributed by atoms with Crippen molar-refractivity contribution in [2.75, 3.05) is 25.6 Å². The molecule has 90 valence electrons. The summed E-state index contributed by atoms with van der Waals surface area (Å²) in [4.78, 5) is 16.0. The zero-order chi connectivity index (χ0) is 12.2. The van der Waals surface area contributed by atoms with Crippen LogP contribution in [0.15, 0.2) is 17.2 Å². The summed E-state index contributed by atoms with van der Waals surface area (Å²) in [6.45, 7) is 7.06. The van der Waals surface area contributed by atoms with Crippen LogP contribution in [0.1, 0.15) is 20.8 Å². The molecule has 1 heterocycles. The summed E-state index contributed by atoms with van der Waals surface area (Å²) in [6.07, 6.45) is 3.33. The van der Waals surface area contributed by atoms with Crippen molar-refractivity contribution in [3.63, 3.8) is 0 Å². The van der Waals surface area contributed by atoms with E-state index < -0.39 is 0 Å². The first-order chi connectivity index (χ1) is 7.46. The van der Waals surface area contributed by atoms with E-state index in [1.165, 1.54) is 0 Å². The zero-order valence-corrected chi connectivity index (χ0v) is 10.3. The van der Waals surface area contributed by atoms with Gasteiger partial charge in [-0.1, -0.05) is 0 Å². The molecule has 0 bridgehead atoms. The number of methoxy groups -OCH3 is 1. The molecule has 1 aromatic rings. The molecular formula is C11H19N3O2. The number of hydrogen-bond donors (Lipinski definition) is 1. The first kappa shape index (κ1) is 12.7. The van der Waals surface area contributed by atoms with Crippen molar-refractivity contribution < 1.29 is 4.74 Å². The number of anilines is 1. The molecule has 0 saturated carbocycles. The summed E-state index contributed by atoms with van der Waals surface area (Å²) in [5.74, 6) is 0.370. The average molecular weight is 225 g/mol. The fourth-order valence-corrected chi connectivity index (χ4v) is 1.33. The lowest BCUT2D eigenvalue weighted by molar-refractivity contribution is 0.210. The summed E-state index contributed by atoms with van der Waals surface area (Å²) >= 11 is 0. The molecule has 5 nitrogen and oxygen atoms in total. The number of nitrogens with one attached hydrogen (secondary N) is 1. The maximum Gasteiger partial charge on any atom is 0.293 e. The number of ether oxygens (including phenoxy) is 1. The molecule has 0 fully saturated rings. The maximum absolute atomic E-state index is 12.0. The van der Waals surface area contributed by atoms with Crippen LogP contribution in [0.3, 0.4) is 0 Å².